The lowest BCUT2D eigenvalue weighted by Gasteiger charge is -2.11. The number of aryl methyl sites for hydroxylation is 1. The highest BCUT2D eigenvalue weighted by molar-refractivity contribution is 5.88. The van der Waals surface area contributed by atoms with Crippen molar-refractivity contribution in [1.29, 1.82) is 0 Å². The van der Waals surface area contributed by atoms with Crippen LogP contribution in [0.1, 0.15) is 12.0 Å². The monoisotopic (exact) mass is 436 g/mol. The minimum Gasteiger partial charge on any atom is -0.406 e. The second-order valence-corrected chi connectivity index (χ2v) is 7.49. The summed E-state index contributed by atoms with van der Waals surface area (Å²) in [6, 6.07) is 22.6. The molecule has 0 saturated heterocycles. The van der Waals surface area contributed by atoms with Crippen molar-refractivity contribution in [2.45, 2.75) is 19.2 Å². The van der Waals surface area contributed by atoms with Gasteiger partial charge < -0.3 is 4.74 Å². The van der Waals surface area contributed by atoms with Gasteiger partial charge in [0, 0.05) is 5.56 Å². The van der Waals surface area contributed by atoms with Gasteiger partial charge in [0.2, 0.25) is 0 Å². The molecule has 0 amide bonds. The Hall–Kier alpha value is -3.60. The molecule has 0 atom stereocenters. The lowest BCUT2D eigenvalue weighted by atomic mass is 9.97. The summed E-state index contributed by atoms with van der Waals surface area (Å²) in [6.07, 6.45) is -1.35. The molecule has 0 aromatic heterocycles. The summed E-state index contributed by atoms with van der Waals surface area (Å²) in [5.74, 6) is -0.512. The van der Waals surface area contributed by atoms with Crippen LogP contribution in [0.5, 0.6) is 5.75 Å². The van der Waals surface area contributed by atoms with Crippen molar-refractivity contribution >= 4 is 10.8 Å². The van der Waals surface area contributed by atoms with Gasteiger partial charge in [-0.15, -0.1) is 19.8 Å². The SMILES string of the molecule is C=CCCc1ccc(-c2ccc(-c3ccc4cc(OC(F)(F)F)ccc4c3)cc2)c(F)c1. The smallest absolute Gasteiger partial charge is 0.406 e. The fourth-order valence-corrected chi connectivity index (χ4v) is 3.66. The van der Waals surface area contributed by atoms with Crippen LogP contribution in [0.2, 0.25) is 0 Å². The molecule has 162 valence electrons. The Morgan fingerprint density at radius 1 is 0.750 bits per heavy atom. The van der Waals surface area contributed by atoms with E-state index in [0.29, 0.717) is 10.9 Å². The van der Waals surface area contributed by atoms with Crippen LogP contribution in [0.3, 0.4) is 0 Å². The molecule has 0 radical (unpaired) electrons. The van der Waals surface area contributed by atoms with Gasteiger partial charge in [0.15, 0.2) is 0 Å². The number of fused-ring (bicyclic) bond motifs is 1. The van der Waals surface area contributed by atoms with E-state index in [1.807, 2.05) is 48.5 Å². The van der Waals surface area contributed by atoms with Crippen LogP contribution in [-0.2, 0) is 6.42 Å². The molecule has 4 aromatic rings. The first kappa shape index (κ1) is 21.6. The van der Waals surface area contributed by atoms with E-state index in [2.05, 4.69) is 11.3 Å². The second kappa shape index (κ2) is 8.87. The molecule has 4 rings (SSSR count). The maximum atomic E-state index is 14.6. The first-order valence-electron chi connectivity index (χ1n) is 10.1. The van der Waals surface area contributed by atoms with Crippen molar-refractivity contribution in [3.63, 3.8) is 0 Å². The van der Waals surface area contributed by atoms with E-state index < -0.39 is 6.36 Å². The number of benzene rings is 4. The van der Waals surface area contributed by atoms with Gasteiger partial charge in [-0.25, -0.2) is 4.39 Å². The summed E-state index contributed by atoms with van der Waals surface area (Å²) in [5, 5.41) is 1.44. The standard InChI is InChI=1S/C27H20F4O/c1-2-3-4-18-5-14-25(26(28)15-18)20-8-6-19(7-9-20)21-10-11-23-17-24(32-27(29,30)31)13-12-22(23)16-21/h2,5-17H,1,3-4H2. The Bertz CT molecular complexity index is 1260. The Morgan fingerprint density at radius 2 is 1.41 bits per heavy atom. The molecule has 0 aliphatic carbocycles. The minimum absolute atomic E-state index is 0.250. The van der Waals surface area contributed by atoms with Gasteiger partial charge in [0.05, 0.1) is 0 Å². The average molecular weight is 436 g/mol. The van der Waals surface area contributed by atoms with Gasteiger partial charge in [-0.2, -0.15) is 0 Å². The minimum atomic E-state index is -4.72. The van der Waals surface area contributed by atoms with Gasteiger partial charge in [0.25, 0.3) is 0 Å². The highest BCUT2D eigenvalue weighted by Crippen LogP contribution is 2.31. The van der Waals surface area contributed by atoms with E-state index in [1.165, 1.54) is 12.1 Å². The van der Waals surface area contributed by atoms with Crippen LogP contribution < -0.4 is 4.74 Å². The molecule has 32 heavy (non-hydrogen) atoms. The lowest BCUT2D eigenvalue weighted by Crippen LogP contribution is -2.16. The Kier molecular flexibility index (Phi) is 5.99. The molecule has 1 nitrogen and oxygen atoms in total. The van der Waals surface area contributed by atoms with Crippen molar-refractivity contribution in [3.05, 3.63) is 103 Å². The molecule has 0 unspecified atom stereocenters. The largest absolute Gasteiger partial charge is 0.573 e. The molecular weight excluding hydrogens is 416 g/mol. The van der Waals surface area contributed by atoms with E-state index >= 15 is 0 Å². The normalized spacial score (nSPS) is 11.5. The summed E-state index contributed by atoms with van der Waals surface area (Å²) in [4.78, 5) is 0. The molecule has 0 aliphatic heterocycles. The number of hydrogen-bond donors (Lipinski definition) is 0. The van der Waals surface area contributed by atoms with Crippen molar-refractivity contribution < 1.29 is 22.3 Å². The molecule has 0 heterocycles. The molecule has 0 N–H and O–H groups in total. The lowest BCUT2D eigenvalue weighted by molar-refractivity contribution is -0.274. The second-order valence-electron chi connectivity index (χ2n) is 7.49. The zero-order valence-electron chi connectivity index (χ0n) is 17.1. The van der Waals surface area contributed by atoms with E-state index in [0.717, 1.165) is 40.5 Å². The third-order valence-corrected chi connectivity index (χ3v) is 5.25. The fourth-order valence-electron chi connectivity index (χ4n) is 3.66. The number of halogens is 4. The van der Waals surface area contributed by atoms with Crippen molar-refractivity contribution in [2.24, 2.45) is 0 Å². The topological polar surface area (TPSA) is 9.23 Å². The van der Waals surface area contributed by atoms with Crippen LogP contribution in [0.25, 0.3) is 33.0 Å². The van der Waals surface area contributed by atoms with Crippen LogP contribution in [0.4, 0.5) is 17.6 Å². The number of ether oxygens (including phenoxy) is 1. The van der Waals surface area contributed by atoms with E-state index in [-0.39, 0.29) is 11.6 Å². The first-order valence-corrected chi connectivity index (χ1v) is 10.1. The maximum Gasteiger partial charge on any atom is 0.573 e. The highest BCUT2D eigenvalue weighted by atomic mass is 19.4. The number of allylic oxidation sites excluding steroid dienone is 1. The van der Waals surface area contributed by atoms with Gasteiger partial charge in [-0.1, -0.05) is 60.7 Å². The van der Waals surface area contributed by atoms with Gasteiger partial charge in [-0.05, 0) is 70.1 Å². The predicted molar refractivity (Wildman–Crippen MR) is 120 cm³/mol. The summed E-state index contributed by atoms with van der Waals surface area (Å²) in [7, 11) is 0. The quantitative estimate of drug-likeness (QED) is 0.218. The number of rotatable bonds is 6. The fraction of sp³-hybridized carbons (Fsp3) is 0.111. The number of hydrogen-bond acceptors (Lipinski definition) is 1. The van der Waals surface area contributed by atoms with Crippen molar-refractivity contribution in [2.75, 3.05) is 0 Å². The Morgan fingerprint density at radius 3 is 2.09 bits per heavy atom. The molecule has 0 saturated carbocycles. The van der Waals surface area contributed by atoms with E-state index in [9.17, 15) is 17.6 Å². The molecular formula is C27H20F4O. The summed E-state index contributed by atoms with van der Waals surface area (Å²) in [6.45, 7) is 3.69. The van der Waals surface area contributed by atoms with Crippen molar-refractivity contribution in [1.82, 2.24) is 0 Å². The molecule has 0 aliphatic rings. The summed E-state index contributed by atoms with van der Waals surface area (Å²) >= 11 is 0. The van der Waals surface area contributed by atoms with Gasteiger partial charge >= 0.3 is 6.36 Å². The molecule has 4 aromatic carbocycles. The molecule has 0 bridgehead atoms. The first-order chi connectivity index (χ1) is 15.3. The van der Waals surface area contributed by atoms with Crippen LogP contribution >= 0.6 is 0 Å². The summed E-state index contributed by atoms with van der Waals surface area (Å²) < 4.78 is 55.9. The van der Waals surface area contributed by atoms with Gasteiger partial charge in [-0.3, -0.25) is 0 Å². The zero-order valence-corrected chi connectivity index (χ0v) is 17.1. The van der Waals surface area contributed by atoms with Gasteiger partial charge in [0.1, 0.15) is 11.6 Å². The van der Waals surface area contributed by atoms with Crippen molar-refractivity contribution in [3.8, 4) is 28.0 Å². The van der Waals surface area contributed by atoms with Crippen LogP contribution in [0, 0.1) is 5.82 Å². The maximum absolute atomic E-state index is 14.6. The summed E-state index contributed by atoms with van der Waals surface area (Å²) in [5.41, 5.74) is 4.08. The molecule has 5 heteroatoms. The predicted octanol–water partition coefficient (Wildman–Crippen LogP) is 8.33. The molecule has 0 spiro atoms. The molecule has 0 fully saturated rings. The zero-order chi connectivity index (χ0) is 22.7. The average Bonchev–Trinajstić information content (AvgIpc) is 2.76. The van der Waals surface area contributed by atoms with Crippen LogP contribution in [0.15, 0.2) is 91.5 Å². The van der Waals surface area contributed by atoms with E-state index in [4.69, 9.17) is 0 Å². The van der Waals surface area contributed by atoms with Crippen LogP contribution in [-0.4, -0.2) is 6.36 Å². The Labute approximate surface area is 183 Å². The van der Waals surface area contributed by atoms with E-state index in [1.54, 1.807) is 24.3 Å². The number of alkyl halides is 3. The Balaban J connectivity index is 1.57. The third kappa shape index (κ3) is 4.99. The third-order valence-electron chi connectivity index (χ3n) is 5.25. The highest BCUT2D eigenvalue weighted by Gasteiger charge is 2.31.